The normalized spacial score (nSPS) is 24.3. The number of nitrogen functional groups attached to an aromatic ring is 1. The van der Waals surface area contributed by atoms with Gasteiger partial charge in [0.2, 0.25) is 10.0 Å². The Kier molecular flexibility index (Phi) is 4.13. The van der Waals surface area contributed by atoms with Crippen LogP contribution in [0.4, 0.5) is 5.69 Å². The number of aliphatic hydroxyl groups excluding tert-OH is 1. The standard InChI is InChI=1S/C13H20N2O3S/c1-9-6-10(14)8-11(7-9)19(17,18)15-12-4-2-3-5-13(12)16/h6-8,12-13,15-16H,2-5,14H2,1H3/t12-,13-/m1/s1. The molecule has 0 unspecified atom stereocenters. The Morgan fingerprint density at radius 2 is 1.95 bits per heavy atom. The van der Waals surface area contributed by atoms with Crippen molar-refractivity contribution in [2.24, 2.45) is 0 Å². The molecule has 0 aliphatic heterocycles. The number of benzene rings is 1. The van der Waals surface area contributed by atoms with E-state index < -0.39 is 22.2 Å². The highest BCUT2D eigenvalue weighted by atomic mass is 32.2. The maximum Gasteiger partial charge on any atom is 0.240 e. The van der Waals surface area contributed by atoms with Gasteiger partial charge in [0.25, 0.3) is 0 Å². The molecule has 0 heterocycles. The SMILES string of the molecule is Cc1cc(N)cc(S(=O)(=O)N[C@@H]2CCCC[C@H]2O)c1. The number of nitrogens with two attached hydrogens (primary N) is 1. The molecule has 0 aromatic heterocycles. The second-order valence-corrected chi connectivity index (χ2v) is 6.87. The first-order chi connectivity index (χ1) is 8.88. The quantitative estimate of drug-likeness (QED) is 0.726. The third-order valence-electron chi connectivity index (χ3n) is 3.42. The van der Waals surface area contributed by atoms with E-state index in [1.165, 1.54) is 6.07 Å². The first-order valence-corrected chi connectivity index (χ1v) is 7.94. The van der Waals surface area contributed by atoms with Crippen LogP contribution in [0.1, 0.15) is 31.2 Å². The summed E-state index contributed by atoms with van der Waals surface area (Å²) in [7, 11) is -3.63. The monoisotopic (exact) mass is 284 g/mol. The number of aryl methyl sites for hydroxylation is 1. The number of hydrogen-bond donors (Lipinski definition) is 3. The van der Waals surface area contributed by atoms with E-state index in [4.69, 9.17) is 5.73 Å². The topological polar surface area (TPSA) is 92.4 Å². The maximum absolute atomic E-state index is 12.3. The minimum absolute atomic E-state index is 0.155. The Balaban J connectivity index is 2.22. The van der Waals surface area contributed by atoms with Crippen LogP contribution in [0.2, 0.25) is 0 Å². The van der Waals surface area contributed by atoms with Crippen molar-refractivity contribution in [3.63, 3.8) is 0 Å². The zero-order valence-corrected chi connectivity index (χ0v) is 11.8. The van der Waals surface area contributed by atoms with Gasteiger partial charge in [-0.1, -0.05) is 12.8 Å². The molecule has 4 N–H and O–H groups in total. The van der Waals surface area contributed by atoms with Gasteiger partial charge in [0, 0.05) is 11.7 Å². The van der Waals surface area contributed by atoms with Gasteiger partial charge in [0.15, 0.2) is 0 Å². The van der Waals surface area contributed by atoms with E-state index in [0.717, 1.165) is 18.4 Å². The van der Waals surface area contributed by atoms with Gasteiger partial charge in [-0.25, -0.2) is 13.1 Å². The first kappa shape index (κ1) is 14.3. The summed E-state index contributed by atoms with van der Waals surface area (Å²) < 4.78 is 27.1. The van der Waals surface area contributed by atoms with E-state index in [0.29, 0.717) is 18.5 Å². The second kappa shape index (κ2) is 5.48. The highest BCUT2D eigenvalue weighted by Gasteiger charge is 2.28. The van der Waals surface area contributed by atoms with Crippen LogP contribution in [-0.2, 0) is 10.0 Å². The Bertz CT molecular complexity index is 537. The molecule has 0 saturated heterocycles. The summed E-state index contributed by atoms with van der Waals surface area (Å²) in [5.41, 5.74) is 6.89. The summed E-state index contributed by atoms with van der Waals surface area (Å²) in [6.45, 7) is 1.80. The fraction of sp³-hybridized carbons (Fsp3) is 0.538. The predicted molar refractivity (Wildman–Crippen MR) is 74.2 cm³/mol. The third-order valence-corrected chi connectivity index (χ3v) is 4.89. The average Bonchev–Trinajstić information content (AvgIpc) is 2.31. The smallest absolute Gasteiger partial charge is 0.240 e. The molecule has 19 heavy (non-hydrogen) atoms. The molecule has 1 aromatic carbocycles. The lowest BCUT2D eigenvalue weighted by Crippen LogP contribution is -2.44. The molecule has 0 bridgehead atoms. The minimum Gasteiger partial charge on any atom is -0.399 e. The molecule has 5 nitrogen and oxygen atoms in total. The zero-order valence-electron chi connectivity index (χ0n) is 11.0. The second-order valence-electron chi connectivity index (χ2n) is 5.16. The van der Waals surface area contributed by atoms with Crippen LogP contribution in [0.3, 0.4) is 0 Å². The van der Waals surface area contributed by atoms with Crippen LogP contribution >= 0.6 is 0 Å². The van der Waals surface area contributed by atoms with Gasteiger partial charge in [-0.15, -0.1) is 0 Å². The Labute approximate surface area is 113 Å². The van der Waals surface area contributed by atoms with E-state index in [1.54, 1.807) is 19.1 Å². The number of hydrogen-bond acceptors (Lipinski definition) is 4. The van der Waals surface area contributed by atoms with Crippen molar-refractivity contribution in [1.29, 1.82) is 0 Å². The van der Waals surface area contributed by atoms with Crippen molar-refractivity contribution >= 4 is 15.7 Å². The van der Waals surface area contributed by atoms with Gasteiger partial charge in [-0.3, -0.25) is 0 Å². The van der Waals surface area contributed by atoms with E-state index in [-0.39, 0.29) is 4.90 Å². The van der Waals surface area contributed by atoms with Crippen LogP contribution in [0.15, 0.2) is 23.1 Å². The molecular weight excluding hydrogens is 264 g/mol. The lowest BCUT2D eigenvalue weighted by molar-refractivity contribution is 0.101. The molecule has 6 heteroatoms. The van der Waals surface area contributed by atoms with Crippen LogP contribution in [0.25, 0.3) is 0 Å². The third kappa shape index (κ3) is 3.46. The summed E-state index contributed by atoms with van der Waals surface area (Å²) in [4.78, 5) is 0.155. The average molecular weight is 284 g/mol. The van der Waals surface area contributed by atoms with Crippen molar-refractivity contribution < 1.29 is 13.5 Å². The molecule has 0 spiro atoms. The van der Waals surface area contributed by atoms with Gasteiger partial charge >= 0.3 is 0 Å². The summed E-state index contributed by atoms with van der Waals surface area (Å²) in [5.74, 6) is 0. The van der Waals surface area contributed by atoms with Crippen molar-refractivity contribution in [1.82, 2.24) is 4.72 Å². The van der Waals surface area contributed by atoms with Crippen LogP contribution < -0.4 is 10.5 Å². The summed E-state index contributed by atoms with van der Waals surface area (Å²) in [6.07, 6.45) is 2.58. The number of aliphatic hydroxyl groups is 1. The lowest BCUT2D eigenvalue weighted by Gasteiger charge is -2.28. The number of anilines is 1. The predicted octanol–water partition coefficient (Wildman–Crippen LogP) is 1.16. The molecule has 1 aliphatic rings. The molecule has 106 valence electrons. The van der Waals surface area contributed by atoms with Crippen molar-refractivity contribution in [3.8, 4) is 0 Å². The van der Waals surface area contributed by atoms with Crippen molar-refractivity contribution in [2.45, 2.75) is 49.6 Å². The number of sulfonamides is 1. The van der Waals surface area contributed by atoms with E-state index >= 15 is 0 Å². The molecule has 2 rings (SSSR count). The van der Waals surface area contributed by atoms with Gasteiger partial charge in [-0.2, -0.15) is 0 Å². The van der Waals surface area contributed by atoms with Gasteiger partial charge < -0.3 is 10.8 Å². The molecule has 1 aromatic rings. The van der Waals surface area contributed by atoms with E-state index in [9.17, 15) is 13.5 Å². The van der Waals surface area contributed by atoms with Gasteiger partial charge in [0.05, 0.1) is 11.0 Å². The molecule has 1 fully saturated rings. The minimum atomic E-state index is -3.63. The summed E-state index contributed by atoms with van der Waals surface area (Å²) in [6, 6.07) is 4.33. The molecule has 1 aliphatic carbocycles. The Morgan fingerprint density at radius 1 is 1.26 bits per heavy atom. The Morgan fingerprint density at radius 3 is 2.58 bits per heavy atom. The summed E-state index contributed by atoms with van der Waals surface area (Å²) >= 11 is 0. The fourth-order valence-corrected chi connectivity index (χ4v) is 3.89. The largest absolute Gasteiger partial charge is 0.399 e. The highest BCUT2D eigenvalue weighted by Crippen LogP contribution is 2.22. The number of rotatable bonds is 3. The van der Waals surface area contributed by atoms with E-state index in [1.807, 2.05) is 0 Å². The molecule has 2 atom stereocenters. The van der Waals surface area contributed by atoms with Crippen molar-refractivity contribution in [2.75, 3.05) is 5.73 Å². The van der Waals surface area contributed by atoms with Gasteiger partial charge in [-0.05, 0) is 43.5 Å². The number of nitrogens with one attached hydrogen (secondary N) is 1. The fourth-order valence-electron chi connectivity index (χ4n) is 2.45. The highest BCUT2D eigenvalue weighted by molar-refractivity contribution is 7.89. The van der Waals surface area contributed by atoms with Crippen LogP contribution in [0, 0.1) is 6.92 Å². The van der Waals surface area contributed by atoms with Crippen molar-refractivity contribution in [3.05, 3.63) is 23.8 Å². The van der Waals surface area contributed by atoms with Gasteiger partial charge in [0.1, 0.15) is 0 Å². The molecule has 0 amide bonds. The maximum atomic E-state index is 12.3. The molecule has 1 saturated carbocycles. The lowest BCUT2D eigenvalue weighted by atomic mass is 9.93. The molecular formula is C13H20N2O3S. The van der Waals surface area contributed by atoms with Crippen LogP contribution in [0.5, 0.6) is 0 Å². The molecule has 0 radical (unpaired) electrons. The summed E-state index contributed by atoms with van der Waals surface area (Å²) in [5, 5.41) is 9.84. The Hall–Kier alpha value is -1.11. The van der Waals surface area contributed by atoms with E-state index in [2.05, 4.69) is 4.72 Å². The first-order valence-electron chi connectivity index (χ1n) is 6.46. The van der Waals surface area contributed by atoms with Crippen LogP contribution in [-0.4, -0.2) is 25.7 Å². The zero-order chi connectivity index (χ0) is 14.0.